The van der Waals surface area contributed by atoms with Crippen LogP contribution in [-0.4, -0.2) is 59.4 Å². The molecule has 1 aliphatic carbocycles. The molecule has 5 nitrogen and oxygen atoms in total. The van der Waals surface area contributed by atoms with Gasteiger partial charge in [0.05, 0.1) is 12.5 Å². The van der Waals surface area contributed by atoms with Gasteiger partial charge in [-0.1, -0.05) is 0 Å². The highest BCUT2D eigenvalue weighted by Crippen LogP contribution is 2.31. The Morgan fingerprint density at radius 2 is 2.00 bits per heavy atom. The first kappa shape index (κ1) is 14.0. The van der Waals surface area contributed by atoms with E-state index in [4.69, 9.17) is 0 Å². The average molecular weight is 279 g/mol. The number of hydrogen-bond acceptors (Lipinski definition) is 4. The molecule has 0 radical (unpaired) electrons. The zero-order chi connectivity index (χ0) is 14.3. The smallest absolute Gasteiger partial charge is 0.247 e. The van der Waals surface area contributed by atoms with Crippen LogP contribution in [0.15, 0.2) is 0 Å². The first-order valence-electron chi connectivity index (χ1n) is 7.89. The van der Waals surface area contributed by atoms with Crippen LogP contribution >= 0.6 is 0 Å². The van der Waals surface area contributed by atoms with Crippen molar-refractivity contribution in [2.45, 2.75) is 57.7 Å². The Hall–Kier alpha value is -0.940. The van der Waals surface area contributed by atoms with E-state index in [-0.39, 0.29) is 23.9 Å². The second kappa shape index (κ2) is 5.45. The van der Waals surface area contributed by atoms with Crippen molar-refractivity contribution >= 4 is 11.8 Å². The van der Waals surface area contributed by atoms with E-state index in [1.54, 1.807) is 0 Å². The van der Waals surface area contributed by atoms with Gasteiger partial charge in [-0.2, -0.15) is 0 Å². The van der Waals surface area contributed by atoms with Crippen molar-refractivity contribution in [1.82, 2.24) is 15.1 Å². The Bertz CT molecular complexity index is 406. The number of imide groups is 1. The van der Waals surface area contributed by atoms with Gasteiger partial charge in [0.15, 0.2) is 0 Å². The molecule has 2 amide bonds. The minimum Gasteiger partial charge on any atom is -0.305 e. The Morgan fingerprint density at radius 1 is 1.25 bits per heavy atom. The van der Waals surface area contributed by atoms with E-state index in [0.29, 0.717) is 18.4 Å². The average Bonchev–Trinajstić information content (AvgIpc) is 3.02. The maximum Gasteiger partial charge on any atom is 0.247 e. The number of nitrogens with one attached hydrogen (secondary N) is 1. The second-order valence-electron chi connectivity index (χ2n) is 6.74. The lowest BCUT2D eigenvalue weighted by atomic mass is 10.1. The van der Waals surface area contributed by atoms with Gasteiger partial charge in [0.2, 0.25) is 11.8 Å². The molecule has 3 aliphatic rings. The monoisotopic (exact) mass is 279 g/mol. The molecule has 2 heterocycles. The van der Waals surface area contributed by atoms with Crippen molar-refractivity contribution in [2.75, 3.05) is 19.6 Å². The number of rotatable bonds is 5. The summed E-state index contributed by atoms with van der Waals surface area (Å²) in [6.07, 6.45) is 3.54. The van der Waals surface area contributed by atoms with Crippen LogP contribution in [0.4, 0.5) is 0 Å². The van der Waals surface area contributed by atoms with E-state index < -0.39 is 0 Å². The molecule has 2 unspecified atom stereocenters. The molecule has 1 N–H and O–H groups in total. The van der Waals surface area contributed by atoms with Gasteiger partial charge in [0, 0.05) is 18.6 Å². The molecule has 1 saturated carbocycles. The number of carbonyl (C=O) groups excluding carboxylic acids is 2. The molecule has 0 aromatic heterocycles. The lowest BCUT2D eigenvalue weighted by Crippen LogP contribution is -2.41. The van der Waals surface area contributed by atoms with Gasteiger partial charge >= 0.3 is 0 Å². The van der Waals surface area contributed by atoms with Crippen molar-refractivity contribution < 1.29 is 9.59 Å². The van der Waals surface area contributed by atoms with Gasteiger partial charge in [-0.05, 0) is 52.1 Å². The molecule has 0 aromatic rings. The van der Waals surface area contributed by atoms with Crippen molar-refractivity contribution in [1.29, 1.82) is 0 Å². The number of carbonyl (C=O) groups is 2. The third-order valence-corrected chi connectivity index (χ3v) is 4.80. The summed E-state index contributed by atoms with van der Waals surface area (Å²) < 4.78 is 0. The Labute approximate surface area is 120 Å². The van der Waals surface area contributed by atoms with Gasteiger partial charge < -0.3 is 10.2 Å². The quantitative estimate of drug-likeness (QED) is 0.749. The summed E-state index contributed by atoms with van der Waals surface area (Å²) in [6.45, 7) is 7.55. The first-order chi connectivity index (χ1) is 9.56. The Kier molecular flexibility index (Phi) is 3.82. The van der Waals surface area contributed by atoms with E-state index in [1.807, 2.05) is 0 Å². The van der Waals surface area contributed by atoms with E-state index in [0.717, 1.165) is 32.5 Å². The summed E-state index contributed by atoms with van der Waals surface area (Å²) in [6, 6.07) is 0.543. The van der Waals surface area contributed by atoms with Crippen molar-refractivity contribution in [3.8, 4) is 0 Å². The minimum absolute atomic E-state index is 0.0104. The third-order valence-electron chi connectivity index (χ3n) is 4.80. The highest BCUT2D eigenvalue weighted by Gasteiger charge is 2.46. The van der Waals surface area contributed by atoms with Crippen molar-refractivity contribution in [3.05, 3.63) is 0 Å². The van der Waals surface area contributed by atoms with Gasteiger partial charge in [-0.15, -0.1) is 0 Å². The molecular weight excluding hydrogens is 254 g/mol. The number of hydrogen-bond donors (Lipinski definition) is 1. The molecule has 0 bridgehead atoms. The molecule has 2 saturated heterocycles. The topological polar surface area (TPSA) is 52.7 Å². The summed E-state index contributed by atoms with van der Waals surface area (Å²) in [5.41, 5.74) is 0. The molecule has 2 atom stereocenters. The maximum atomic E-state index is 12.2. The van der Waals surface area contributed by atoms with Gasteiger partial charge in [0.25, 0.3) is 0 Å². The Morgan fingerprint density at radius 3 is 2.60 bits per heavy atom. The van der Waals surface area contributed by atoms with Crippen LogP contribution in [0, 0.1) is 5.92 Å². The summed E-state index contributed by atoms with van der Waals surface area (Å²) in [5.74, 6) is 0.636. The zero-order valence-corrected chi connectivity index (χ0v) is 12.5. The first-order valence-corrected chi connectivity index (χ1v) is 7.89. The lowest BCUT2D eigenvalue weighted by Gasteiger charge is -2.21. The van der Waals surface area contributed by atoms with Gasteiger partial charge in [-0.25, -0.2) is 0 Å². The molecule has 112 valence electrons. The van der Waals surface area contributed by atoms with E-state index >= 15 is 0 Å². The van der Waals surface area contributed by atoms with Crippen LogP contribution in [0.5, 0.6) is 0 Å². The molecular formula is C15H25N3O2. The molecule has 5 heteroatoms. The fourth-order valence-electron chi connectivity index (χ4n) is 3.33. The highest BCUT2D eigenvalue weighted by molar-refractivity contribution is 6.06. The second-order valence-corrected chi connectivity index (χ2v) is 6.74. The number of amides is 2. The predicted molar refractivity (Wildman–Crippen MR) is 76.1 cm³/mol. The van der Waals surface area contributed by atoms with E-state index in [2.05, 4.69) is 24.1 Å². The maximum absolute atomic E-state index is 12.2. The predicted octanol–water partition coefficient (Wildman–Crippen LogP) is 0.596. The minimum atomic E-state index is -0.267. The third kappa shape index (κ3) is 2.74. The molecule has 2 aliphatic heterocycles. The fourth-order valence-corrected chi connectivity index (χ4v) is 3.33. The summed E-state index contributed by atoms with van der Waals surface area (Å²) >= 11 is 0. The van der Waals surface area contributed by atoms with Crippen molar-refractivity contribution in [3.63, 3.8) is 0 Å². The van der Waals surface area contributed by atoms with Crippen LogP contribution in [0.3, 0.4) is 0 Å². The van der Waals surface area contributed by atoms with Gasteiger partial charge in [0.1, 0.15) is 0 Å². The van der Waals surface area contributed by atoms with Crippen LogP contribution in [0.2, 0.25) is 0 Å². The largest absolute Gasteiger partial charge is 0.305 e. The summed E-state index contributed by atoms with van der Waals surface area (Å²) in [7, 11) is 0. The highest BCUT2D eigenvalue weighted by atomic mass is 16.2. The SMILES string of the molecule is CC(C)N1CCC(CNC2CC(=O)N(C3CC3)C2=O)C1. The number of nitrogens with zero attached hydrogens (tertiary/aromatic N) is 2. The van der Waals surface area contributed by atoms with Crippen LogP contribution in [-0.2, 0) is 9.59 Å². The zero-order valence-electron chi connectivity index (χ0n) is 12.5. The molecule has 3 rings (SSSR count). The van der Waals surface area contributed by atoms with Crippen molar-refractivity contribution in [2.24, 2.45) is 5.92 Å². The molecule has 0 spiro atoms. The van der Waals surface area contributed by atoms with Crippen LogP contribution in [0.25, 0.3) is 0 Å². The summed E-state index contributed by atoms with van der Waals surface area (Å²) in [4.78, 5) is 28.1. The fraction of sp³-hybridized carbons (Fsp3) is 0.867. The molecule has 0 aromatic carbocycles. The van der Waals surface area contributed by atoms with Crippen LogP contribution < -0.4 is 5.32 Å². The lowest BCUT2D eigenvalue weighted by molar-refractivity contribution is -0.139. The normalized spacial score (nSPS) is 31.9. The standard InChI is InChI=1S/C15H25N3O2/c1-10(2)17-6-5-11(9-17)8-16-13-7-14(19)18(15(13)20)12-3-4-12/h10-13,16H,3-9H2,1-2H3. The molecule has 3 fully saturated rings. The van der Waals surface area contributed by atoms with E-state index in [1.165, 1.54) is 11.3 Å². The van der Waals surface area contributed by atoms with E-state index in [9.17, 15) is 9.59 Å². The van der Waals surface area contributed by atoms with Crippen LogP contribution in [0.1, 0.15) is 39.5 Å². The summed E-state index contributed by atoms with van der Waals surface area (Å²) in [5, 5.41) is 3.34. The van der Waals surface area contributed by atoms with Gasteiger partial charge in [-0.3, -0.25) is 14.5 Å². The Balaban J connectivity index is 1.47. The number of likely N-dealkylation sites (tertiary alicyclic amines) is 2. The molecule has 20 heavy (non-hydrogen) atoms.